The van der Waals surface area contributed by atoms with Crippen molar-refractivity contribution in [2.45, 2.75) is 13.0 Å². The molecule has 4 nitrogen and oxygen atoms in total. The monoisotopic (exact) mass is 369 g/mol. The summed E-state index contributed by atoms with van der Waals surface area (Å²) in [6, 6.07) is 9.58. The van der Waals surface area contributed by atoms with Crippen molar-refractivity contribution in [1.29, 1.82) is 0 Å². The van der Waals surface area contributed by atoms with Gasteiger partial charge in [-0.25, -0.2) is 9.18 Å². The molecule has 24 heavy (non-hydrogen) atoms. The predicted octanol–water partition coefficient (Wildman–Crippen LogP) is 4.17. The Hall–Kier alpha value is -2.11. The van der Waals surface area contributed by atoms with Gasteiger partial charge >= 0.3 is 5.97 Å². The molecule has 126 valence electrons. The average Bonchev–Trinajstić information content (AvgIpc) is 2.52. The fraction of sp³-hybridized carbons (Fsp3) is 0.176. The molecule has 0 aromatic heterocycles. The van der Waals surface area contributed by atoms with E-state index in [1.54, 1.807) is 25.1 Å². The molecule has 1 unspecified atom stereocenters. The lowest BCUT2D eigenvalue weighted by Gasteiger charge is -2.16. The standard InChI is InChI=1S/C17H14Cl2FNO3/c1-10(14-6-5-12(18)8-15(14)19)21-16(22)9-24-17(23)11-3-2-4-13(20)7-11/h2-8,10H,9H2,1H3,(H,21,22). The van der Waals surface area contributed by atoms with Crippen LogP contribution in [-0.2, 0) is 9.53 Å². The van der Waals surface area contributed by atoms with Crippen molar-refractivity contribution >= 4 is 35.1 Å². The maximum Gasteiger partial charge on any atom is 0.338 e. The van der Waals surface area contributed by atoms with E-state index in [4.69, 9.17) is 27.9 Å². The molecule has 0 spiro atoms. The van der Waals surface area contributed by atoms with E-state index in [0.717, 1.165) is 6.07 Å². The first kappa shape index (κ1) is 18.2. The van der Waals surface area contributed by atoms with Crippen molar-refractivity contribution < 1.29 is 18.7 Å². The second kappa shape index (κ2) is 8.13. The molecule has 0 fully saturated rings. The van der Waals surface area contributed by atoms with E-state index >= 15 is 0 Å². The molecule has 0 heterocycles. The Morgan fingerprint density at radius 2 is 1.96 bits per heavy atom. The van der Waals surface area contributed by atoms with Crippen LogP contribution in [0.2, 0.25) is 10.0 Å². The van der Waals surface area contributed by atoms with Crippen LogP contribution in [-0.4, -0.2) is 18.5 Å². The number of hydrogen-bond acceptors (Lipinski definition) is 3. The molecule has 0 saturated carbocycles. The Bertz CT molecular complexity index is 767. The van der Waals surface area contributed by atoms with Crippen LogP contribution in [0.1, 0.15) is 28.9 Å². The maximum absolute atomic E-state index is 13.0. The molecular weight excluding hydrogens is 356 g/mol. The quantitative estimate of drug-likeness (QED) is 0.804. The number of rotatable bonds is 5. The summed E-state index contributed by atoms with van der Waals surface area (Å²) in [6.45, 7) is 1.26. The summed E-state index contributed by atoms with van der Waals surface area (Å²) in [5.41, 5.74) is 0.725. The minimum atomic E-state index is -0.776. The van der Waals surface area contributed by atoms with Crippen molar-refractivity contribution in [3.8, 4) is 0 Å². The summed E-state index contributed by atoms with van der Waals surface area (Å²) < 4.78 is 17.9. The van der Waals surface area contributed by atoms with Gasteiger partial charge in [-0.3, -0.25) is 4.79 Å². The van der Waals surface area contributed by atoms with Gasteiger partial charge in [0, 0.05) is 10.0 Å². The van der Waals surface area contributed by atoms with Gasteiger partial charge in [-0.1, -0.05) is 35.3 Å². The zero-order valence-electron chi connectivity index (χ0n) is 12.7. The molecule has 0 aliphatic carbocycles. The lowest BCUT2D eigenvalue weighted by Crippen LogP contribution is -2.31. The van der Waals surface area contributed by atoms with E-state index in [9.17, 15) is 14.0 Å². The first-order valence-electron chi connectivity index (χ1n) is 7.04. The summed E-state index contributed by atoms with van der Waals surface area (Å²) in [4.78, 5) is 23.6. The molecule has 2 aromatic rings. The van der Waals surface area contributed by atoms with Crippen LogP contribution in [0.3, 0.4) is 0 Å². The summed E-state index contributed by atoms with van der Waals surface area (Å²) >= 11 is 11.9. The molecular formula is C17H14Cl2FNO3. The average molecular weight is 370 g/mol. The van der Waals surface area contributed by atoms with E-state index in [-0.39, 0.29) is 5.56 Å². The SMILES string of the molecule is CC(NC(=O)COC(=O)c1cccc(F)c1)c1ccc(Cl)cc1Cl. The molecule has 1 amide bonds. The number of benzene rings is 2. The minimum absolute atomic E-state index is 0.0385. The van der Waals surface area contributed by atoms with Crippen LogP contribution in [0.5, 0.6) is 0 Å². The maximum atomic E-state index is 13.0. The third kappa shape index (κ3) is 4.94. The lowest BCUT2D eigenvalue weighted by molar-refractivity contribution is -0.124. The molecule has 0 radical (unpaired) electrons. The Morgan fingerprint density at radius 3 is 2.62 bits per heavy atom. The third-order valence-electron chi connectivity index (χ3n) is 3.20. The number of carbonyl (C=O) groups excluding carboxylic acids is 2. The van der Waals surface area contributed by atoms with Gasteiger partial charge in [-0.2, -0.15) is 0 Å². The number of hydrogen-bond donors (Lipinski definition) is 1. The van der Waals surface area contributed by atoms with Crippen molar-refractivity contribution in [2.75, 3.05) is 6.61 Å². The van der Waals surface area contributed by atoms with Gasteiger partial charge in [0.15, 0.2) is 6.61 Å². The topological polar surface area (TPSA) is 55.4 Å². The first-order chi connectivity index (χ1) is 11.4. The highest BCUT2D eigenvalue weighted by molar-refractivity contribution is 6.35. The van der Waals surface area contributed by atoms with Crippen LogP contribution in [0.25, 0.3) is 0 Å². The number of carbonyl (C=O) groups is 2. The summed E-state index contributed by atoms with van der Waals surface area (Å²) in [5.74, 6) is -1.83. The van der Waals surface area contributed by atoms with Crippen LogP contribution in [0, 0.1) is 5.82 Å². The van der Waals surface area contributed by atoms with Crippen molar-refractivity contribution in [2.24, 2.45) is 0 Å². The minimum Gasteiger partial charge on any atom is -0.452 e. The summed E-state index contributed by atoms with van der Waals surface area (Å²) in [5, 5.41) is 3.57. The van der Waals surface area contributed by atoms with E-state index < -0.39 is 30.3 Å². The number of esters is 1. The normalized spacial score (nSPS) is 11.7. The highest BCUT2D eigenvalue weighted by Gasteiger charge is 2.15. The zero-order chi connectivity index (χ0) is 17.7. The smallest absolute Gasteiger partial charge is 0.338 e. The Balaban J connectivity index is 1.90. The highest BCUT2D eigenvalue weighted by atomic mass is 35.5. The fourth-order valence-electron chi connectivity index (χ4n) is 2.04. The number of nitrogens with one attached hydrogen (secondary N) is 1. The van der Waals surface area contributed by atoms with E-state index in [0.29, 0.717) is 15.6 Å². The van der Waals surface area contributed by atoms with E-state index in [1.165, 1.54) is 18.2 Å². The molecule has 0 saturated heterocycles. The highest BCUT2D eigenvalue weighted by Crippen LogP contribution is 2.25. The summed E-state index contributed by atoms with van der Waals surface area (Å²) in [7, 11) is 0. The van der Waals surface area contributed by atoms with Crippen LogP contribution >= 0.6 is 23.2 Å². The van der Waals surface area contributed by atoms with Gasteiger partial charge in [0.05, 0.1) is 11.6 Å². The second-order valence-electron chi connectivity index (χ2n) is 5.04. The Labute approximate surface area is 148 Å². The van der Waals surface area contributed by atoms with Crippen LogP contribution in [0.4, 0.5) is 4.39 Å². The molecule has 1 N–H and O–H groups in total. The number of ether oxygens (including phenoxy) is 1. The Morgan fingerprint density at radius 1 is 1.21 bits per heavy atom. The lowest BCUT2D eigenvalue weighted by atomic mass is 10.1. The van der Waals surface area contributed by atoms with Gasteiger partial charge in [-0.05, 0) is 42.8 Å². The number of amides is 1. The molecule has 7 heteroatoms. The van der Waals surface area contributed by atoms with E-state index in [1.807, 2.05) is 0 Å². The second-order valence-corrected chi connectivity index (χ2v) is 5.89. The Kier molecular flexibility index (Phi) is 6.17. The molecule has 2 rings (SSSR count). The van der Waals surface area contributed by atoms with E-state index in [2.05, 4.69) is 5.32 Å². The van der Waals surface area contributed by atoms with Gasteiger partial charge < -0.3 is 10.1 Å². The molecule has 0 aliphatic rings. The predicted molar refractivity (Wildman–Crippen MR) is 89.7 cm³/mol. The molecule has 0 bridgehead atoms. The fourth-order valence-corrected chi connectivity index (χ4v) is 2.62. The summed E-state index contributed by atoms with van der Waals surface area (Å²) in [6.07, 6.45) is 0. The third-order valence-corrected chi connectivity index (χ3v) is 3.76. The van der Waals surface area contributed by atoms with Gasteiger partial charge in [0.1, 0.15) is 5.82 Å². The molecule has 2 aromatic carbocycles. The van der Waals surface area contributed by atoms with Crippen molar-refractivity contribution in [3.63, 3.8) is 0 Å². The molecule has 1 atom stereocenters. The number of halogens is 3. The van der Waals surface area contributed by atoms with Crippen LogP contribution in [0.15, 0.2) is 42.5 Å². The van der Waals surface area contributed by atoms with Crippen molar-refractivity contribution in [1.82, 2.24) is 5.32 Å². The van der Waals surface area contributed by atoms with Gasteiger partial charge in [0.25, 0.3) is 5.91 Å². The van der Waals surface area contributed by atoms with Gasteiger partial charge in [0.2, 0.25) is 0 Å². The zero-order valence-corrected chi connectivity index (χ0v) is 14.2. The van der Waals surface area contributed by atoms with Crippen LogP contribution < -0.4 is 5.32 Å². The molecule has 0 aliphatic heterocycles. The van der Waals surface area contributed by atoms with Gasteiger partial charge in [-0.15, -0.1) is 0 Å². The first-order valence-corrected chi connectivity index (χ1v) is 7.79. The largest absolute Gasteiger partial charge is 0.452 e. The van der Waals surface area contributed by atoms with Crippen molar-refractivity contribution in [3.05, 3.63) is 69.5 Å².